The number of ether oxygens (including phenoxy) is 2. The third kappa shape index (κ3) is 3.57. The Morgan fingerprint density at radius 3 is 2.76 bits per heavy atom. The highest BCUT2D eigenvalue weighted by Gasteiger charge is 2.42. The summed E-state index contributed by atoms with van der Waals surface area (Å²) in [5, 5.41) is 0.269. The van der Waals surface area contributed by atoms with E-state index in [-0.39, 0.29) is 11.3 Å². The highest BCUT2D eigenvalue weighted by atomic mass is 32.1. The molecular formula is C18H24O2S. The van der Waals surface area contributed by atoms with Gasteiger partial charge in [0.1, 0.15) is 11.9 Å². The molecule has 0 bridgehead atoms. The summed E-state index contributed by atoms with van der Waals surface area (Å²) in [6, 6.07) is 9.63. The number of para-hydroxylation sites is 1. The molecule has 2 fully saturated rings. The molecule has 2 aliphatic rings. The molecule has 0 heterocycles. The average molecular weight is 304 g/mol. The van der Waals surface area contributed by atoms with Crippen molar-refractivity contribution >= 4 is 17.5 Å². The Bertz CT molecular complexity index is 487. The van der Waals surface area contributed by atoms with E-state index in [4.69, 9.17) is 21.7 Å². The van der Waals surface area contributed by atoms with Crippen molar-refractivity contribution < 1.29 is 9.47 Å². The number of benzene rings is 1. The molecular weight excluding hydrogens is 280 g/mol. The quantitative estimate of drug-likeness (QED) is 0.707. The average Bonchev–Trinajstić information content (AvgIpc) is 2.48. The van der Waals surface area contributed by atoms with Gasteiger partial charge in [-0.1, -0.05) is 38.0 Å². The van der Waals surface area contributed by atoms with E-state index in [0.29, 0.717) is 5.41 Å². The lowest BCUT2D eigenvalue weighted by Gasteiger charge is -2.47. The first-order valence-corrected chi connectivity index (χ1v) is 8.50. The standard InChI is InChI=1S/C18H24O2S/c1-18-11-6-5-7-14(18)13-16(10-12-18)20-17(21)19-15-8-3-2-4-9-15/h2-4,8-9,14,16H,5-7,10-13H2,1H3/t14?,16-,18-/m0/s1. The third-order valence-electron chi connectivity index (χ3n) is 5.33. The summed E-state index contributed by atoms with van der Waals surface area (Å²) in [7, 11) is 0. The van der Waals surface area contributed by atoms with E-state index in [9.17, 15) is 0 Å². The van der Waals surface area contributed by atoms with Crippen molar-refractivity contribution in [3.05, 3.63) is 30.3 Å². The minimum atomic E-state index is 0.234. The van der Waals surface area contributed by atoms with Gasteiger partial charge in [0.2, 0.25) is 0 Å². The van der Waals surface area contributed by atoms with Gasteiger partial charge in [0.05, 0.1) is 0 Å². The Hall–Kier alpha value is -1.09. The van der Waals surface area contributed by atoms with Crippen LogP contribution in [0.2, 0.25) is 0 Å². The number of fused-ring (bicyclic) bond motifs is 1. The molecule has 1 aromatic rings. The fourth-order valence-corrected chi connectivity index (χ4v) is 4.21. The molecule has 0 aliphatic heterocycles. The fraction of sp³-hybridized carbons (Fsp3) is 0.611. The van der Waals surface area contributed by atoms with Crippen LogP contribution in [-0.4, -0.2) is 11.3 Å². The van der Waals surface area contributed by atoms with Crippen LogP contribution in [0, 0.1) is 11.3 Å². The van der Waals surface area contributed by atoms with Gasteiger partial charge in [0.25, 0.3) is 0 Å². The van der Waals surface area contributed by atoms with Crippen LogP contribution < -0.4 is 4.74 Å². The van der Waals surface area contributed by atoms with Crippen LogP contribution in [0.25, 0.3) is 0 Å². The van der Waals surface area contributed by atoms with Crippen LogP contribution in [0.5, 0.6) is 5.75 Å². The zero-order valence-electron chi connectivity index (χ0n) is 12.7. The van der Waals surface area contributed by atoms with Crippen LogP contribution in [-0.2, 0) is 4.74 Å². The summed E-state index contributed by atoms with van der Waals surface area (Å²) in [5.41, 5.74) is 0.542. The van der Waals surface area contributed by atoms with Crippen molar-refractivity contribution in [3.63, 3.8) is 0 Å². The number of hydrogen-bond donors (Lipinski definition) is 0. The van der Waals surface area contributed by atoms with E-state index in [0.717, 1.165) is 24.5 Å². The fourth-order valence-electron chi connectivity index (χ4n) is 3.98. The molecule has 2 saturated carbocycles. The molecule has 3 atom stereocenters. The van der Waals surface area contributed by atoms with Crippen molar-refractivity contribution in [2.45, 2.75) is 58.0 Å². The third-order valence-corrected chi connectivity index (χ3v) is 5.51. The van der Waals surface area contributed by atoms with Crippen LogP contribution in [0.3, 0.4) is 0 Å². The molecule has 1 unspecified atom stereocenters. The van der Waals surface area contributed by atoms with E-state index in [1.807, 2.05) is 30.3 Å². The van der Waals surface area contributed by atoms with Crippen LogP contribution in [0.15, 0.2) is 30.3 Å². The molecule has 21 heavy (non-hydrogen) atoms. The molecule has 0 saturated heterocycles. The molecule has 0 spiro atoms. The highest BCUT2D eigenvalue weighted by Crippen LogP contribution is 2.50. The summed E-state index contributed by atoms with van der Waals surface area (Å²) in [4.78, 5) is 0. The maximum absolute atomic E-state index is 5.90. The maximum Gasteiger partial charge on any atom is 0.358 e. The predicted molar refractivity (Wildman–Crippen MR) is 88.5 cm³/mol. The molecule has 0 N–H and O–H groups in total. The van der Waals surface area contributed by atoms with Crippen LogP contribution in [0.4, 0.5) is 0 Å². The van der Waals surface area contributed by atoms with Gasteiger partial charge in [-0.15, -0.1) is 0 Å². The second kappa shape index (κ2) is 6.35. The minimum Gasteiger partial charge on any atom is -0.453 e. The van der Waals surface area contributed by atoms with E-state index < -0.39 is 0 Å². The predicted octanol–water partition coefficient (Wildman–Crippen LogP) is 5.12. The Kier molecular flexibility index (Phi) is 4.48. The first-order chi connectivity index (χ1) is 10.2. The smallest absolute Gasteiger partial charge is 0.358 e. The Balaban J connectivity index is 1.53. The summed E-state index contributed by atoms with van der Waals surface area (Å²) >= 11 is 5.25. The second-order valence-electron chi connectivity index (χ2n) is 6.78. The zero-order valence-corrected chi connectivity index (χ0v) is 13.5. The molecule has 2 nitrogen and oxygen atoms in total. The molecule has 0 radical (unpaired) electrons. The molecule has 0 aromatic heterocycles. The summed E-state index contributed by atoms with van der Waals surface area (Å²) in [6.07, 6.45) is 9.23. The molecule has 3 rings (SSSR count). The van der Waals surface area contributed by atoms with E-state index in [1.165, 1.54) is 32.1 Å². The van der Waals surface area contributed by atoms with Crippen molar-refractivity contribution in [2.75, 3.05) is 0 Å². The number of rotatable bonds is 2. The first kappa shape index (κ1) is 14.8. The summed E-state index contributed by atoms with van der Waals surface area (Å²) < 4.78 is 11.5. The number of hydrogen-bond acceptors (Lipinski definition) is 3. The number of thiocarbonyl (C=S) groups is 1. The highest BCUT2D eigenvalue weighted by molar-refractivity contribution is 7.79. The summed E-state index contributed by atoms with van der Waals surface area (Å²) in [5.74, 6) is 1.55. The van der Waals surface area contributed by atoms with Crippen molar-refractivity contribution in [1.29, 1.82) is 0 Å². The molecule has 2 aliphatic carbocycles. The SMILES string of the molecule is C[C@@]12CCCCC1C[C@@H](OC(=S)Oc1ccccc1)CC2. The van der Waals surface area contributed by atoms with E-state index >= 15 is 0 Å². The van der Waals surface area contributed by atoms with Crippen molar-refractivity contribution in [3.8, 4) is 5.75 Å². The monoisotopic (exact) mass is 304 g/mol. The van der Waals surface area contributed by atoms with Gasteiger partial charge >= 0.3 is 5.24 Å². The molecule has 3 heteroatoms. The topological polar surface area (TPSA) is 18.5 Å². The lowest BCUT2D eigenvalue weighted by Crippen LogP contribution is -2.40. The summed E-state index contributed by atoms with van der Waals surface area (Å²) in [6.45, 7) is 2.46. The molecule has 0 amide bonds. The van der Waals surface area contributed by atoms with E-state index in [2.05, 4.69) is 6.92 Å². The van der Waals surface area contributed by atoms with Crippen LogP contribution >= 0.6 is 12.2 Å². The minimum absolute atomic E-state index is 0.234. The van der Waals surface area contributed by atoms with Gasteiger partial charge in [0.15, 0.2) is 0 Å². The van der Waals surface area contributed by atoms with Gasteiger partial charge < -0.3 is 9.47 Å². The van der Waals surface area contributed by atoms with Crippen molar-refractivity contribution in [1.82, 2.24) is 0 Å². The van der Waals surface area contributed by atoms with E-state index in [1.54, 1.807) is 0 Å². The van der Waals surface area contributed by atoms with Crippen LogP contribution in [0.1, 0.15) is 51.9 Å². The van der Waals surface area contributed by atoms with Gasteiger partial charge in [-0.2, -0.15) is 0 Å². The van der Waals surface area contributed by atoms with Gasteiger partial charge in [0, 0.05) is 12.2 Å². The molecule has 1 aromatic carbocycles. The Morgan fingerprint density at radius 1 is 1.14 bits per heavy atom. The van der Waals surface area contributed by atoms with Gasteiger partial charge in [-0.05, 0) is 55.6 Å². The Labute approximate surface area is 132 Å². The lowest BCUT2D eigenvalue weighted by molar-refractivity contribution is -0.00733. The lowest BCUT2D eigenvalue weighted by atomic mass is 9.60. The normalized spacial score (nSPS) is 32.0. The molecule has 114 valence electrons. The van der Waals surface area contributed by atoms with Gasteiger partial charge in [-0.25, -0.2) is 0 Å². The van der Waals surface area contributed by atoms with Crippen molar-refractivity contribution in [2.24, 2.45) is 11.3 Å². The zero-order chi connectivity index (χ0) is 14.7. The largest absolute Gasteiger partial charge is 0.453 e. The maximum atomic E-state index is 5.90. The Morgan fingerprint density at radius 2 is 1.95 bits per heavy atom. The second-order valence-corrected chi connectivity index (χ2v) is 7.11. The van der Waals surface area contributed by atoms with Gasteiger partial charge in [-0.3, -0.25) is 0 Å². The first-order valence-electron chi connectivity index (χ1n) is 8.09.